The zero-order chi connectivity index (χ0) is 11.5. The number of halogens is 1. The van der Waals surface area contributed by atoms with Crippen LogP contribution in [-0.4, -0.2) is 5.11 Å². The molecule has 82 valence electrons. The number of rotatable bonds is 2. The Morgan fingerprint density at radius 2 is 1.62 bits per heavy atom. The first-order valence-corrected chi connectivity index (χ1v) is 5.21. The molecule has 0 fully saturated rings. The van der Waals surface area contributed by atoms with Crippen molar-refractivity contribution in [3.05, 3.63) is 59.9 Å². The lowest BCUT2D eigenvalue weighted by Gasteiger charge is -2.11. The normalized spacial score (nSPS) is 12.4. The highest BCUT2D eigenvalue weighted by molar-refractivity contribution is 5.67. The second-order valence-corrected chi connectivity index (χ2v) is 3.77. The topological polar surface area (TPSA) is 20.2 Å². The van der Waals surface area contributed by atoms with Crippen molar-refractivity contribution in [2.24, 2.45) is 0 Å². The Bertz CT molecular complexity index is 474. The van der Waals surface area contributed by atoms with Crippen LogP contribution in [0.1, 0.15) is 18.6 Å². The third-order valence-corrected chi connectivity index (χ3v) is 2.57. The van der Waals surface area contributed by atoms with Crippen molar-refractivity contribution in [2.45, 2.75) is 13.0 Å². The molecule has 0 bridgehead atoms. The van der Waals surface area contributed by atoms with E-state index in [1.165, 1.54) is 12.1 Å². The van der Waals surface area contributed by atoms with Gasteiger partial charge < -0.3 is 5.11 Å². The van der Waals surface area contributed by atoms with Gasteiger partial charge in [-0.1, -0.05) is 36.4 Å². The van der Waals surface area contributed by atoms with E-state index in [2.05, 4.69) is 0 Å². The van der Waals surface area contributed by atoms with Crippen molar-refractivity contribution in [3.63, 3.8) is 0 Å². The van der Waals surface area contributed by atoms with Gasteiger partial charge in [0.25, 0.3) is 0 Å². The summed E-state index contributed by atoms with van der Waals surface area (Å²) in [4.78, 5) is 0. The van der Waals surface area contributed by atoms with Crippen molar-refractivity contribution < 1.29 is 9.50 Å². The van der Waals surface area contributed by atoms with Crippen molar-refractivity contribution in [2.75, 3.05) is 0 Å². The van der Waals surface area contributed by atoms with Crippen LogP contribution in [-0.2, 0) is 0 Å². The fourth-order valence-corrected chi connectivity index (χ4v) is 1.75. The fraction of sp³-hybridized carbons (Fsp3) is 0.143. The van der Waals surface area contributed by atoms with Gasteiger partial charge in [-0.3, -0.25) is 0 Å². The SMILES string of the molecule is C[C@@H](O)c1ccccc1-c1ccc(F)cc1. The lowest BCUT2D eigenvalue weighted by Crippen LogP contribution is -1.94. The molecule has 0 aliphatic heterocycles. The van der Waals surface area contributed by atoms with Gasteiger partial charge in [0.2, 0.25) is 0 Å². The Labute approximate surface area is 94.2 Å². The third kappa shape index (κ3) is 2.12. The number of hydrogen-bond acceptors (Lipinski definition) is 1. The molecule has 0 spiro atoms. The van der Waals surface area contributed by atoms with Crippen LogP contribution in [0.4, 0.5) is 4.39 Å². The predicted octanol–water partition coefficient (Wildman–Crippen LogP) is 3.55. The van der Waals surface area contributed by atoms with E-state index in [0.717, 1.165) is 16.7 Å². The molecular formula is C14H13FO. The van der Waals surface area contributed by atoms with Crippen LogP contribution in [0.25, 0.3) is 11.1 Å². The fourth-order valence-electron chi connectivity index (χ4n) is 1.75. The monoisotopic (exact) mass is 216 g/mol. The molecule has 1 atom stereocenters. The molecule has 0 radical (unpaired) electrons. The molecule has 1 nitrogen and oxygen atoms in total. The van der Waals surface area contributed by atoms with Crippen molar-refractivity contribution in [1.29, 1.82) is 0 Å². The Hall–Kier alpha value is -1.67. The summed E-state index contributed by atoms with van der Waals surface area (Å²) < 4.78 is 12.8. The second-order valence-electron chi connectivity index (χ2n) is 3.77. The van der Waals surface area contributed by atoms with E-state index in [-0.39, 0.29) is 5.82 Å². The molecule has 0 heterocycles. The lowest BCUT2D eigenvalue weighted by molar-refractivity contribution is 0.200. The van der Waals surface area contributed by atoms with Gasteiger partial charge in [0.15, 0.2) is 0 Å². The summed E-state index contributed by atoms with van der Waals surface area (Å²) in [5.74, 6) is -0.252. The number of aliphatic hydroxyl groups is 1. The Balaban J connectivity index is 2.51. The van der Waals surface area contributed by atoms with Crippen LogP contribution < -0.4 is 0 Å². The first kappa shape index (κ1) is 10.8. The van der Waals surface area contributed by atoms with Gasteiger partial charge in [-0.05, 0) is 35.7 Å². The Morgan fingerprint density at radius 1 is 1.00 bits per heavy atom. The number of benzene rings is 2. The molecule has 0 saturated heterocycles. The highest BCUT2D eigenvalue weighted by Crippen LogP contribution is 2.27. The summed E-state index contributed by atoms with van der Waals surface area (Å²) >= 11 is 0. The summed E-state index contributed by atoms with van der Waals surface area (Å²) in [6.07, 6.45) is -0.527. The van der Waals surface area contributed by atoms with Crippen LogP contribution in [0.15, 0.2) is 48.5 Å². The van der Waals surface area contributed by atoms with Gasteiger partial charge in [-0.15, -0.1) is 0 Å². The predicted molar refractivity (Wildman–Crippen MR) is 62.5 cm³/mol. The van der Waals surface area contributed by atoms with Crippen LogP contribution in [0, 0.1) is 5.82 Å². The highest BCUT2D eigenvalue weighted by Gasteiger charge is 2.08. The molecule has 2 rings (SSSR count). The Morgan fingerprint density at radius 3 is 2.25 bits per heavy atom. The van der Waals surface area contributed by atoms with Gasteiger partial charge in [0.1, 0.15) is 5.82 Å². The van der Waals surface area contributed by atoms with Crippen LogP contribution in [0.5, 0.6) is 0 Å². The zero-order valence-electron chi connectivity index (χ0n) is 9.02. The summed E-state index contributed by atoms with van der Waals surface area (Å²) in [5.41, 5.74) is 2.71. The molecule has 2 heteroatoms. The molecule has 0 saturated carbocycles. The summed E-state index contributed by atoms with van der Waals surface area (Å²) in [6.45, 7) is 1.72. The maximum Gasteiger partial charge on any atom is 0.123 e. The molecule has 0 aliphatic rings. The highest BCUT2D eigenvalue weighted by atomic mass is 19.1. The first-order valence-electron chi connectivity index (χ1n) is 5.21. The minimum atomic E-state index is -0.527. The number of hydrogen-bond donors (Lipinski definition) is 1. The van der Waals surface area contributed by atoms with Gasteiger partial charge in [-0.25, -0.2) is 4.39 Å². The molecule has 2 aromatic carbocycles. The average Bonchev–Trinajstić information content (AvgIpc) is 2.30. The van der Waals surface area contributed by atoms with Crippen molar-refractivity contribution >= 4 is 0 Å². The van der Waals surface area contributed by atoms with Crippen LogP contribution in [0.3, 0.4) is 0 Å². The zero-order valence-corrected chi connectivity index (χ0v) is 9.02. The van der Waals surface area contributed by atoms with E-state index in [0.29, 0.717) is 0 Å². The molecule has 1 N–H and O–H groups in total. The first-order chi connectivity index (χ1) is 7.68. The third-order valence-electron chi connectivity index (χ3n) is 2.57. The minimum absolute atomic E-state index is 0.252. The molecule has 0 amide bonds. The molecule has 0 unspecified atom stereocenters. The van der Waals surface area contributed by atoms with E-state index in [9.17, 15) is 9.50 Å². The summed E-state index contributed by atoms with van der Waals surface area (Å²) in [6, 6.07) is 13.9. The Kier molecular flexibility index (Phi) is 3.02. The minimum Gasteiger partial charge on any atom is -0.389 e. The van der Waals surface area contributed by atoms with Crippen molar-refractivity contribution in [1.82, 2.24) is 0 Å². The van der Waals surface area contributed by atoms with E-state index in [1.807, 2.05) is 24.3 Å². The maximum absolute atomic E-state index is 12.8. The summed E-state index contributed by atoms with van der Waals surface area (Å²) in [5, 5.41) is 9.65. The maximum atomic E-state index is 12.8. The molecule has 0 aliphatic carbocycles. The summed E-state index contributed by atoms with van der Waals surface area (Å²) in [7, 11) is 0. The van der Waals surface area contributed by atoms with Gasteiger partial charge in [-0.2, -0.15) is 0 Å². The van der Waals surface area contributed by atoms with Crippen LogP contribution in [0.2, 0.25) is 0 Å². The van der Waals surface area contributed by atoms with Crippen LogP contribution >= 0.6 is 0 Å². The van der Waals surface area contributed by atoms with E-state index >= 15 is 0 Å². The van der Waals surface area contributed by atoms with Crippen molar-refractivity contribution in [3.8, 4) is 11.1 Å². The number of aliphatic hydroxyl groups excluding tert-OH is 1. The largest absolute Gasteiger partial charge is 0.389 e. The van der Waals surface area contributed by atoms with E-state index in [4.69, 9.17) is 0 Å². The smallest absolute Gasteiger partial charge is 0.123 e. The van der Waals surface area contributed by atoms with Gasteiger partial charge in [0, 0.05) is 0 Å². The molecule has 2 aromatic rings. The van der Waals surface area contributed by atoms with Gasteiger partial charge in [0.05, 0.1) is 6.10 Å². The molecule has 0 aromatic heterocycles. The standard InChI is InChI=1S/C14H13FO/c1-10(16)13-4-2-3-5-14(13)11-6-8-12(15)9-7-11/h2-10,16H,1H3/t10-/m1/s1. The second kappa shape index (κ2) is 4.45. The quantitative estimate of drug-likeness (QED) is 0.814. The average molecular weight is 216 g/mol. The molecular weight excluding hydrogens is 203 g/mol. The molecule has 16 heavy (non-hydrogen) atoms. The van der Waals surface area contributed by atoms with Gasteiger partial charge >= 0.3 is 0 Å². The lowest BCUT2D eigenvalue weighted by atomic mass is 9.97. The van der Waals surface area contributed by atoms with E-state index in [1.54, 1.807) is 19.1 Å². The van der Waals surface area contributed by atoms with E-state index < -0.39 is 6.10 Å².